The van der Waals surface area contributed by atoms with E-state index in [1.807, 2.05) is 13.0 Å². The van der Waals surface area contributed by atoms with Gasteiger partial charge in [0.05, 0.1) is 6.42 Å². The number of hydroxylamine groups is 1. The lowest BCUT2D eigenvalue weighted by molar-refractivity contribution is -0.137. The summed E-state index contributed by atoms with van der Waals surface area (Å²) in [6, 6.07) is 5.25. The number of fused-ring (bicyclic) bond motifs is 1. The van der Waals surface area contributed by atoms with Gasteiger partial charge in [-0.2, -0.15) is 5.48 Å². The van der Waals surface area contributed by atoms with Crippen molar-refractivity contribution in [1.82, 2.24) is 5.48 Å². The lowest BCUT2D eigenvalue weighted by Gasteiger charge is -2.19. The standard InChI is InChI=1S/C14H17NO4/c1-2-9(8-13(16)17)14(18)11-3-4-12-10(7-11)5-6-15-19-12/h3-4,7,9,15H,2,5-6,8H2,1H3,(H,16,17). The third kappa shape index (κ3) is 3.12. The summed E-state index contributed by atoms with van der Waals surface area (Å²) in [6.07, 6.45) is 1.21. The Morgan fingerprint density at radius 2 is 2.26 bits per heavy atom. The Bertz CT molecular complexity index is 498. The van der Waals surface area contributed by atoms with Crippen LogP contribution in [0.2, 0.25) is 0 Å². The van der Waals surface area contributed by atoms with E-state index in [1.54, 1.807) is 12.1 Å². The summed E-state index contributed by atoms with van der Waals surface area (Å²) in [6.45, 7) is 2.54. The molecule has 1 aliphatic rings. The molecule has 0 bridgehead atoms. The van der Waals surface area contributed by atoms with Crippen LogP contribution in [0.4, 0.5) is 0 Å². The van der Waals surface area contributed by atoms with E-state index in [-0.39, 0.29) is 12.2 Å². The van der Waals surface area contributed by atoms with Crippen molar-refractivity contribution in [1.29, 1.82) is 0 Å². The SMILES string of the molecule is CCC(CC(=O)O)C(=O)c1ccc2c(c1)CCNO2. The van der Waals surface area contributed by atoms with Gasteiger partial charge in [0.15, 0.2) is 5.78 Å². The number of rotatable bonds is 5. The number of carbonyl (C=O) groups is 2. The maximum absolute atomic E-state index is 12.3. The van der Waals surface area contributed by atoms with Gasteiger partial charge in [-0.1, -0.05) is 6.92 Å². The summed E-state index contributed by atoms with van der Waals surface area (Å²) >= 11 is 0. The second-order valence-electron chi connectivity index (χ2n) is 4.64. The number of benzene rings is 1. The minimum atomic E-state index is -0.939. The fourth-order valence-electron chi connectivity index (χ4n) is 2.21. The summed E-state index contributed by atoms with van der Waals surface area (Å²) in [7, 11) is 0. The van der Waals surface area contributed by atoms with Crippen molar-refractivity contribution >= 4 is 11.8 Å². The van der Waals surface area contributed by atoms with Gasteiger partial charge in [-0.3, -0.25) is 9.59 Å². The van der Waals surface area contributed by atoms with Crippen LogP contribution in [0.3, 0.4) is 0 Å². The number of Topliss-reactive ketones (excluding diaryl/α,β-unsaturated/α-hetero) is 1. The Hall–Kier alpha value is -1.88. The molecular weight excluding hydrogens is 246 g/mol. The first-order valence-corrected chi connectivity index (χ1v) is 6.40. The first kappa shape index (κ1) is 13.5. The van der Waals surface area contributed by atoms with E-state index in [0.29, 0.717) is 18.5 Å². The number of hydrogen-bond acceptors (Lipinski definition) is 4. The zero-order chi connectivity index (χ0) is 13.8. The Morgan fingerprint density at radius 3 is 2.95 bits per heavy atom. The average molecular weight is 263 g/mol. The first-order chi connectivity index (χ1) is 9.11. The summed E-state index contributed by atoms with van der Waals surface area (Å²) in [5.41, 5.74) is 4.34. The van der Waals surface area contributed by atoms with Crippen LogP contribution in [0, 0.1) is 5.92 Å². The normalized spacial score (nSPS) is 15.2. The molecule has 0 aromatic heterocycles. The number of carbonyl (C=O) groups excluding carboxylic acids is 1. The number of hydrogen-bond donors (Lipinski definition) is 2. The molecule has 1 aromatic rings. The largest absolute Gasteiger partial charge is 0.481 e. The third-order valence-corrected chi connectivity index (χ3v) is 3.31. The molecule has 1 heterocycles. The van der Waals surface area contributed by atoms with Gasteiger partial charge >= 0.3 is 5.97 Å². The summed E-state index contributed by atoms with van der Waals surface area (Å²) in [4.78, 5) is 28.3. The van der Waals surface area contributed by atoms with Crippen LogP contribution in [-0.2, 0) is 11.2 Å². The second kappa shape index (κ2) is 5.84. The van der Waals surface area contributed by atoms with Gasteiger partial charge in [-0.25, -0.2) is 0 Å². The van der Waals surface area contributed by atoms with Crippen LogP contribution in [0.1, 0.15) is 35.7 Å². The van der Waals surface area contributed by atoms with Crippen molar-refractivity contribution in [3.05, 3.63) is 29.3 Å². The maximum Gasteiger partial charge on any atom is 0.304 e. The molecule has 1 unspecified atom stereocenters. The van der Waals surface area contributed by atoms with E-state index >= 15 is 0 Å². The van der Waals surface area contributed by atoms with Crippen molar-refractivity contribution in [3.63, 3.8) is 0 Å². The highest BCUT2D eigenvalue weighted by atomic mass is 16.6. The van der Waals surface area contributed by atoms with Gasteiger partial charge in [0.1, 0.15) is 5.75 Å². The molecule has 19 heavy (non-hydrogen) atoms. The van der Waals surface area contributed by atoms with E-state index in [2.05, 4.69) is 5.48 Å². The van der Waals surface area contributed by atoms with E-state index in [9.17, 15) is 9.59 Å². The van der Waals surface area contributed by atoms with Crippen LogP contribution in [0.25, 0.3) is 0 Å². The highest BCUT2D eigenvalue weighted by Crippen LogP contribution is 2.25. The molecule has 5 nitrogen and oxygen atoms in total. The van der Waals surface area contributed by atoms with Gasteiger partial charge in [-0.05, 0) is 36.6 Å². The van der Waals surface area contributed by atoms with Gasteiger partial charge in [0.25, 0.3) is 0 Å². The fraction of sp³-hybridized carbons (Fsp3) is 0.429. The molecule has 0 spiro atoms. The van der Waals surface area contributed by atoms with Gasteiger partial charge < -0.3 is 9.94 Å². The minimum Gasteiger partial charge on any atom is -0.481 e. The highest BCUT2D eigenvalue weighted by Gasteiger charge is 2.22. The van der Waals surface area contributed by atoms with Gasteiger partial charge in [0.2, 0.25) is 0 Å². The zero-order valence-corrected chi connectivity index (χ0v) is 10.8. The topological polar surface area (TPSA) is 75.6 Å². The van der Waals surface area contributed by atoms with E-state index in [0.717, 1.165) is 17.7 Å². The molecule has 5 heteroatoms. The molecule has 1 aromatic carbocycles. The zero-order valence-electron chi connectivity index (χ0n) is 10.8. The monoisotopic (exact) mass is 263 g/mol. The van der Waals surface area contributed by atoms with Gasteiger partial charge in [-0.15, -0.1) is 0 Å². The number of carboxylic acid groups (broad SMARTS) is 1. The fourth-order valence-corrected chi connectivity index (χ4v) is 2.21. The summed E-state index contributed by atoms with van der Waals surface area (Å²) in [5, 5.41) is 8.82. The second-order valence-corrected chi connectivity index (χ2v) is 4.64. The Kier molecular flexibility index (Phi) is 4.16. The first-order valence-electron chi connectivity index (χ1n) is 6.40. The lowest BCUT2D eigenvalue weighted by atomic mass is 9.91. The molecule has 0 radical (unpaired) electrons. The molecule has 0 saturated carbocycles. The Morgan fingerprint density at radius 1 is 1.47 bits per heavy atom. The molecule has 2 rings (SSSR count). The molecule has 1 aliphatic heterocycles. The maximum atomic E-state index is 12.3. The number of aliphatic carboxylic acids is 1. The molecule has 2 N–H and O–H groups in total. The van der Waals surface area contributed by atoms with Crippen molar-refractivity contribution in [3.8, 4) is 5.75 Å². The number of carboxylic acids is 1. The lowest BCUT2D eigenvalue weighted by Crippen LogP contribution is -2.27. The molecule has 0 amide bonds. The minimum absolute atomic E-state index is 0.105. The van der Waals surface area contributed by atoms with Gasteiger partial charge in [0, 0.05) is 18.0 Å². The molecular formula is C14H17NO4. The third-order valence-electron chi connectivity index (χ3n) is 3.31. The molecule has 1 atom stereocenters. The Balaban J connectivity index is 2.20. The highest BCUT2D eigenvalue weighted by molar-refractivity contribution is 5.99. The van der Waals surface area contributed by atoms with E-state index in [4.69, 9.17) is 9.94 Å². The van der Waals surface area contributed by atoms with Crippen LogP contribution in [-0.4, -0.2) is 23.4 Å². The number of ketones is 1. The van der Waals surface area contributed by atoms with E-state index < -0.39 is 11.9 Å². The average Bonchev–Trinajstić information content (AvgIpc) is 2.43. The van der Waals surface area contributed by atoms with Crippen molar-refractivity contribution in [2.24, 2.45) is 5.92 Å². The van der Waals surface area contributed by atoms with Crippen molar-refractivity contribution < 1.29 is 19.5 Å². The molecule has 0 fully saturated rings. The quantitative estimate of drug-likeness (QED) is 0.792. The van der Waals surface area contributed by atoms with Crippen LogP contribution in [0.15, 0.2) is 18.2 Å². The van der Waals surface area contributed by atoms with E-state index in [1.165, 1.54) is 0 Å². The summed E-state index contributed by atoms with van der Waals surface area (Å²) in [5.74, 6) is -0.774. The molecule has 0 saturated heterocycles. The Labute approximate surface area is 111 Å². The predicted molar refractivity (Wildman–Crippen MR) is 69.1 cm³/mol. The van der Waals surface area contributed by atoms with Crippen LogP contribution >= 0.6 is 0 Å². The van der Waals surface area contributed by atoms with Crippen molar-refractivity contribution in [2.75, 3.05) is 6.54 Å². The van der Waals surface area contributed by atoms with Crippen LogP contribution in [0.5, 0.6) is 5.75 Å². The number of nitrogens with one attached hydrogen (secondary N) is 1. The van der Waals surface area contributed by atoms with Crippen molar-refractivity contribution in [2.45, 2.75) is 26.2 Å². The molecule has 0 aliphatic carbocycles. The summed E-state index contributed by atoms with van der Waals surface area (Å²) < 4.78 is 0. The smallest absolute Gasteiger partial charge is 0.304 e. The van der Waals surface area contributed by atoms with Crippen LogP contribution < -0.4 is 10.3 Å². The molecule has 102 valence electrons. The predicted octanol–water partition coefficient (Wildman–Crippen LogP) is 1.81.